The molecule has 0 aliphatic rings. The van der Waals surface area contributed by atoms with Crippen LogP contribution in [0.4, 0.5) is 11.4 Å². The van der Waals surface area contributed by atoms with Gasteiger partial charge < -0.3 is 20.9 Å². The number of aliphatic hydroxyl groups excluding tert-OH is 1. The van der Waals surface area contributed by atoms with E-state index < -0.39 is 0 Å². The average molecular weight is 224 g/mol. The molecule has 1 rings (SSSR count). The molecule has 1 aromatic rings. The summed E-state index contributed by atoms with van der Waals surface area (Å²) in [5.74, 6) is 0.756. The standard InChI is InChI=1S/C12H20N2O2/c1-9(4-3-7-15)14-12-6-5-10(16-2)8-11(12)13/h5-6,8-9,14-15H,3-4,7,13H2,1-2H3. The molecular weight excluding hydrogens is 204 g/mol. The molecule has 0 fully saturated rings. The third-order valence-corrected chi connectivity index (χ3v) is 2.46. The van der Waals surface area contributed by atoms with Gasteiger partial charge in [0.05, 0.1) is 18.5 Å². The Morgan fingerprint density at radius 1 is 1.50 bits per heavy atom. The normalized spacial score (nSPS) is 12.2. The monoisotopic (exact) mass is 224 g/mol. The van der Waals surface area contributed by atoms with Crippen LogP contribution >= 0.6 is 0 Å². The van der Waals surface area contributed by atoms with E-state index in [1.807, 2.05) is 12.1 Å². The van der Waals surface area contributed by atoms with E-state index in [-0.39, 0.29) is 6.61 Å². The Labute approximate surface area is 96.4 Å². The molecule has 4 heteroatoms. The molecule has 0 aliphatic carbocycles. The van der Waals surface area contributed by atoms with Crippen molar-refractivity contribution in [2.24, 2.45) is 0 Å². The van der Waals surface area contributed by atoms with Crippen molar-refractivity contribution in [1.82, 2.24) is 0 Å². The van der Waals surface area contributed by atoms with Crippen LogP contribution in [-0.4, -0.2) is 24.9 Å². The molecule has 4 N–H and O–H groups in total. The van der Waals surface area contributed by atoms with Crippen LogP contribution in [-0.2, 0) is 0 Å². The zero-order chi connectivity index (χ0) is 12.0. The highest BCUT2D eigenvalue weighted by Crippen LogP contribution is 2.24. The van der Waals surface area contributed by atoms with Gasteiger partial charge in [0, 0.05) is 18.7 Å². The zero-order valence-electron chi connectivity index (χ0n) is 9.86. The van der Waals surface area contributed by atoms with Gasteiger partial charge in [-0.25, -0.2) is 0 Å². The van der Waals surface area contributed by atoms with E-state index in [2.05, 4.69) is 12.2 Å². The molecule has 90 valence electrons. The lowest BCUT2D eigenvalue weighted by Crippen LogP contribution is -2.16. The van der Waals surface area contributed by atoms with Crippen LogP contribution in [0, 0.1) is 0 Å². The summed E-state index contributed by atoms with van der Waals surface area (Å²) in [6.07, 6.45) is 1.71. The molecule has 4 nitrogen and oxygen atoms in total. The average Bonchev–Trinajstić information content (AvgIpc) is 2.29. The molecule has 0 saturated heterocycles. The van der Waals surface area contributed by atoms with Crippen molar-refractivity contribution >= 4 is 11.4 Å². The van der Waals surface area contributed by atoms with Crippen LogP contribution in [0.2, 0.25) is 0 Å². The van der Waals surface area contributed by atoms with Crippen LogP contribution in [0.25, 0.3) is 0 Å². The van der Waals surface area contributed by atoms with Crippen molar-refractivity contribution in [2.75, 3.05) is 24.8 Å². The molecule has 0 aliphatic heterocycles. The molecule has 1 unspecified atom stereocenters. The van der Waals surface area contributed by atoms with Gasteiger partial charge in [-0.3, -0.25) is 0 Å². The van der Waals surface area contributed by atoms with Gasteiger partial charge in [0.2, 0.25) is 0 Å². The fourth-order valence-corrected chi connectivity index (χ4v) is 1.53. The van der Waals surface area contributed by atoms with Gasteiger partial charge in [-0.1, -0.05) is 0 Å². The lowest BCUT2D eigenvalue weighted by Gasteiger charge is -2.16. The van der Waals surface area contributed by atoms with E-state index in [1.54, 1.807) is 13.2 Å². The summed E-state index contributed by atoms with van der Waals surface area (Å²) in [7, 11) is 1.62. The highest BCUT2D eigenvalue weighted by Gasteiger charge is 2.05. The van der Waals surface area contributed by atoms with E-state index in [4.69, 9.17) is 15.6 Å². The molecule has 0 amide bonds. The van der Waals surface area contributed by atoms with E-state index in [0.717, 1.165) is 24.3 Å². The number of hydrogen-bond donors (Lipinski definition) is 3. The second-order valence-electron chi connectivity index (χ2n) is 3.86. The van der Waals surface area contributed by atoms with Crippen molar-refractivity contribution in [1.29, 1.82) is 0 Å². The summed E-state index contributed by atoms with van der Waals surface area (Å²) < 4.78 is 5.08. The smallest absolute Gasteiger partial charge is 0.121 e. The zero-order valence-corrected chi connectivity index (χ0v) is 9.86. The fourth-order valence-electron chi connectivity index (χ4n) is 1.53. The molecule has 16 heavy (non-hydrogen) atoms. The first-order chi connectivity index (χ1) is 7.67. The van der Waals surface area contributed by atoms with Gasteiger partial charge in [0.25, 0.3) is 0 Å². The van der Waals surface area contributed by atoms with Crippen LogP contribution in [0.1, 0.15) is 19.8 Å². The Kier molecular flexibility index (Phi) is 4.92. The van der Waals surface area contributed by atoms with Crippen LogP contribution in [0.5, 0.6) is 5.75 Å². The Balaban J connectivity index is 2.59. The summed E-state index contributed by atoms with van der Waals surface area (Å²) in [4.78, 5) is 0. The number of methoxy groups -OCH3 is 1. The number of aliphatic hydroxyl groups is 1. The molecule has 0 aromatic heterocycles. The van der Waals surface area contributed by atoms with Crippen molar-refractivity contribution in [2.45, 2.75) is 25.8 Å². The summed E-state index contributed by atoms with van der Waals surface area (Å²) in [5, 5.41) is 12.0. The van der Waals surface area contributed by atoms with Crippen molar-refractivity contribution in [3.05, 3.63) is 18.2 Å². The molecule has 1 aromatic carbocycles. The molecule has 1 atom stereocenters. The van der Waals surface area contributed by atoms with E-state index in [0.29, 0.717) is 11.7 Å². The van der Waals surface area contributed by atoms with E-state index >= 15 is 0 Å². The quantitative estimate of drug-likeness (QED) is 0.645. The summed E-state index contributed by atoms with van der Waals surface area (Å²) in [6.45, 7) is 2.30. The van der Waals surface area contributed by atoms with Crippen LogP contribution in [0.3, 0.4) is 0 Å². The van der Waals surface area contributed by atoms with Gasteiger partial charge in [0.15, 0.2) is 0 Å². The molecule has 0 saturated carbocycles. The largest absolute Gasteiger partial charge is 0.497 e. The van der Waals surface area contributed by atoms with Crippen LogP contribution in [0.15, 0.2) is 18.2 Å². The van der Waals surface area contributed by atoms with Gasteiger partial charge in [0.1, 0.15) is 5.75 Å². The minimum Gasteiger partial charge on any atom is -0.497 e. The number of nitrogens with one attached hydrogen (secondary N) is 1. The summed E-state index contributed by atoms with van der Waals surface area (Å²) >= 11 is 0. The first-order valence-electron chi connectivity index (χ1n) is 5.48. The van der Waals surface area contributed by atoms with Gasteiger partial charge in [-0.15, -0.1) is 0 Å². The number of nitrogens with two attached hydrogens (primary N) is 1. The first-order valence-corrected chi connectivity index (χ1v) is 5.48. The highest BCUT2D eigenvalue weighted by molar-refractivity contribution is 5.68. The molecule has 0 heterocycles. The number of nitrogen functional groups attached to an aromatic ring is 1. The number of rotatable bonds is 6. The Bertz CT molecular complexity index is 329. The number of benzene rings is 1. The summed E-state index contributed by atoms with van der Waals surface area (Å²) in [5.41, 5.74) is 7.47. The van der Waals surface area contributed by atoms with Gasteiger partial charge >= 0.3 is 0 Å². The second kappa shape index (κ2) is 6.23. The predicted octanol–water partition coefficient (Wildman–Crippen LogP) is 1.85. The third kappa shape index (κ3) is 3.62. The maximum Gasteiger partial charge on any atom is 0.121 e. The molecular formula is C12H20N2O2. The SMILES string of the molecule is COc1ccc(NC(C)CCCO)c(N)c1. The Morgan fingerprint density at radius 3 is 2.81 bits per heavy atom. The second-order valence-corrected chi connectivity index (χ2v) is 3.86. The Hall–Kier alpha value is -1.42. The van der Waals surface area contributed by atoms with Gasteiger partial charge in [-0.05, 0) is 31.9 Å². The van der Waals surface area contributed by atoms with E-state index in [1.165, 1.54) is 0 Å². The molecule has 0 spiro atoms. The third-order valence-electron chi connectivity index (χ3n) is 2.46. The predicted molar refractivity (Wildman–Crippen MR) is 66.8 cm³/mol. The lowest BCUT2D eigenvalue weighted by molar-refractivity contribution is 0.282. The highest BCUT2D eigenvalue weighted by atomic mass is 16.5. The van der Waals surface area contributed by atoms with Crippen LogP contribution < -0.4 is 15.8 Å². The van der Waals surface area contributed by atoms with Gasteiger partial charge in [-0.2, -0.15) is 0 Å². The minimum atomic E-state index is 0.226. The lowest BCUT2D eigenvalue weighted by atomic mass is 10.1. The maximum absolute atomic E-state index is 8.74. The number of anilines is 2. The van der Waals surface area contributed by atoms with E-state index in [9.17, 15) is 0 Å². The Morgan fingerprint density at radius 2 is 2.25 bits per heavy atom. The molecule has 0 radical (unpaired) electrons. The van der Waals surface area contributed by atoms with Crippen molar-refractivity contribution in [3.63, 3.8) is 0 Å². The number of hydrogen-bond acceptors (Lipinski definition) is 4. The summed E-state index contributed by atoms with van der Waals surface area (Å²) in [6, 6.07) is 5.87. The first kappa shape index (κ1) is 12.6. The maximum atomic E-state index is 8.74. The number of ether oxygens (including phenoxy) is 1. The van der Waals surface area contributed by atoms with Crippen molar-refractivity contribution < 1.29 is 9.84 Å². The van der Waals surface area contributed by atoms with Crippen molar-refractivity contribution in [3.8, 4) is 5.75 Å². The topological polar surface area (TPSA) is 67.5 Å². The minimum absolute atomic E-state index is 0.226. The molecule has 0 bridgehead atoms. The fraction of sp³-hybridized carbons (Fsp3) is 0.500.